The van der Waals surface area contributed by atoms with Crippen LogP contribution in [0, 0.1) is 17.9 Å². The second kappa shape index (κ2) is 14.4. The molecule has 1 N–H and O–H groups in total. The molecule has 7 rings (SSSR count). The second-order valence-corrected chi connectivity index (χ2v) is 18.9. The Kier molecular flexibility index (Phi) is 10.7. The zero-order valence-corrected chi connectivity index (χ0v) is 32.5. The summed E-state index contributed by atoms with van der Waals surface area (Å²) in [6.45, 7) is 15.3. The molecule has 1 radical (unpaired) electrons. The molecule has 4 nitrogen and oxygen atoms in total. The van der Waals surface area contributed by atoms with E-state index in [4.69, 9.17) is 9.97 Å². The van der Waals surface area contributed by atoms with Gasteiger partial charge in [0.1, 0.15) is 6.33 Å². The van der Waals surface area contributed by atoms with E-state index in [0.717, 1.165) is 52.9 Å². The van der Waals surface area contributed by atoms with E-state index in [2.05, 4.69) is 92.4 Å². The second-order valence-electron chi connectivity index (χ2n) is 13.8. The van der Waals surface area contributed by atoms with Crippen molar-refractivity contribution in [1.82, 2.24) is 9.97 Å². The Balaban J connectivity index is 0.000000243. The van der Waals surface area contributed by atoms with Gasteiger partial charge in [-0.05, 0) is 47.2 Å². The summed E-state index contributed by atoms with van der Waals surface area (Å²) in [6.07, 6.45) is 6.62. The van der Waals surface area contributed by atoms with Gasteiger partial charge in [-0.15, -0.1) is 23.6 Å². The van der Waals surface area contributed by atoms with Crippen LogP contribution in [-0.2, 0) is 24.9 Å². The number of aliphatic hydroxyl groups is 1. The van der Waals surface area contributed by atoms with Crippen molar-refractivity contribution in [2.45, 2.75) is 73.0 Å². The van der Waals surface area contributed by atoms with Gasteiger partial charge >= 0.3 is 0 Å². The molecule has 0 saturated carbocycles. The van der Waals surface area contributed by atoms with Crippen molar-refractivity contribution in [2.75, 3.05) is 0 Å². The zero-order valence-electron chi connectivity index (χ0n) is 29.1. The summed E-state index contributed by atoms with van der Waals surface area (Å²) >= 11 is 0. The molecule has 6 aromatic carbocycles. The Morgan fingerprint density at radius 1 is 0.750 bits per heavy atom. The van der Waals surface area contributed by atoms with Crippen LogP contribution in [0.4, 0.5) is 0 Å². The molecule has 0 aliphatic rings. The normalized spacial score (nSPS) is 12.5. The Hall–Kier alpha value is -3.70. The third-order valence-corrected chi connectivity index (χ3v) is 12.0. The summed E-state index contributed by atoms with van der Waals surface area (Å²) in [4.78, 5) is 21.3. The number of nitrogens with zero attached hydrogens (tertiary/aromatic N) is 2. The predicted octanol–water partition coefficient (Wildman–Crippen LogP) is 11.0. The molecule has 0 saturated heterocycles. The van der Waals surface area contributed by atoms with Crippen molar-refractivity contribution >= 4 is 83.9 Å². The number of rotatable bonds is 8. The van der Waals surface area contributed by atoms with Crippen LogP contribution in [0.3, 0.4) is 0 Å². The third-order valence-electron chi connectivity index (χ3n) is 9.99. The number of fused-ring (bicyclic) bond motifs is 7. The molecule has 0 bridgehead atoms. The number of allylic oxidation sites excluding steroid dienone is 2. The van der Waals surface area contributed by atoms with Gasteiger partial charge < -0.3 is 5.11 Å². The van der Waals surface area contributed by atoms with E-state index in [1.165, 1.54) is 49.0 Å². The minimum absolute atomic E-state index is 0. The van der Waals surface area contributed by atoms with Gasteiger partial charge in [0, 0.05) is 54.3 Å². The first-order valence-corrected chi connectivity index (χ1v) is 20.6. The molecule has 0 aliphatic heterocycles. The Morgan fingerprint density at radius 2 is 1.40 bits per heavy atom. The molecule has 1 heterocycles. The van der Waals surface area contributed by atoms with Crippen LogP contribution >= 0.6 is 0 Å². The molecular weight excluding hydrogens is 785 g/mol. The minimum Gasteiger partial charge on any atom is -0.512 e. The predicted molar refractivity (Wildman–Crippen MR) is 204 cm³/mol. The summed E-state index contributed by atoms with van der Waals surface area (Å²) in [5.74, 6) is 0.547. The van der Waals surface area contributed by atoms with Crippen LogP contribution < -0.4 is 5.19 Å². The number of carbonyl (C=O) groups is 1. The summed E-state index contributed by atoms with van der Waals surface area (Å²) in [5.41, 5.74) is 2.04. The Bertz CT molecular complexity index is 2280. The van der Waals surface area contributed by atoms with E-state index in [9.17, 15) is 9.90 Å². The van der Waals surface area contributed by atoms with Crippen molar-refractivity contribution in [3.05, 3.63) is 91.0 Å². The SMILES string of the molecule is CCC(CC)C(=O)/C=C(\O)C(CC)CC.C[Si](C)(C)c1ccc2c(c1)c1cccc3c4cc5ccccc5[c-]c4c4ncnc2c4c31.[Ir]. The van der Waals surface area contributed by atoms with Gasteiger partial charge in [0.25, 0.3) is 0 Å². The summed E-state index contributed by atoms with van der Waals surface area (Å²) in [5, 5.41) is 23.3. The minimum atomic E-state index is -1.44. The first kappa shape index (κ1) is 35.6. The van der Waals surface area contributed by atoms with Crippen LogP contribution in [0.25, 0.3) is 64.9 Å². The van der Waals surface area contributed by atoms with E-state index in [1.54, 1.807) is 6.33 Å². The van der Waals surface area contributed by atoms with Crippen LogP contribution in [0.5, 0.6) is 0 Å². The number of benzene rings is 6. The number of aromatic nitrogens is 2. The van der Waals surface area contributed by atoms with Crippen molar-refractivity contribution in [3.8, 4) is 0 Å². The topological polar surface area (TPSA) is 63.1 Å². The van der Waals surface area contributed by atoms with Crippen molar-refractivity contribution in [1.29, 1.82) is 0 Å². The number of hydrogen-bond donors (Lipinski definition) is 1. The first-order valence-electron chi connectivity index (χ1n) is 17.1. The van der Waals surface area contributed by atoms with Gasteiger partial charge in [-0.2, -0.15) is 0 Å². The fourth-order valence-corrected chi connectivity index (χ4v) is 8.23. The van der Waals surface area contributed by atoms with E-state index < -0.39 is 8.07 Å². The van der Waals surface area contributed by atoms with E-state index in [1.807, 2.05) is 27.7 Å². The van der Waals surface area contributed by atoms with Gasteiger partial charge in [-0.1, -0.05) is 123 Å². The van der Waals surface area contributed by atoms with Crippen LogP contribution in [0.15, 0.2) is 84.9 Å². The average Bonchev–Trinajstić information content (AvgIpc) is 3.08. The third kappa shape index (κ3) is 6.38. The maximum Gasteiger partial charge on any atom is 0.162 e. The van der Waals surface area contributed by atoms with Crippen molar-refractivity contribution < 1.29 is 30.0 Å². The quantitative estimate of drug-likeness (QED) is 0.0414. The molecule has 0 atom stereocenters. The van der Waals surface area contributed by atoms with Gasteiger partial charge in [-0.3, -0.25) is 9.78 Å². The van der Waals surface area contributed by atoms with Gasteiger partial charge in [0.2, 0.25) is 0 Å². The number of hydrogen-bond acceptors (Lipinski definition) is 4. The summed E-state index contributed by atoms with van der Waals surface area (Å²) in [6, 6.07) is 28.1. The van der Waals surface area contributed by atoms with Gasteiger partial charge in [0.05, 0.1) is 19.3 Å². The summed E-state index contributed by atoms with van der Waals surface area (Å²) < 4.78 is 0. The fraction of sp³-hybridized carbons (Fsp3) is 0.310. The van der Waals surface area contributed by atoms with Crippen molar-refractivity contribution in [3.63, 3.8) is 0 Å². The molecule has 0 spiro atoms. The monoisotopic (exact) mass is 830 g/mol. The van der Waals surface area contributed by atoms with Crippen LogP contribution in [0.2, 0.25) is 19.6 Å². The maximum atomic E-state index is 11.7. The molecule has 48 heavy (non-hydrogen) atoms. The molecule has 0 aliphatic carbocycles. The molecule has 1 aromatic heterocycles. The molecule has 0 unspecified atom stereocenters. The molecule has 6 heteroatoms. The molecular formula is C42H45IrN2O2Si-. The smallest absolute Gasteiger partial charge is 0.162 e. The number of ketones is 1. The van der Waals surface area contributed by atoms with E-state index >= 15 is 0 Å². The largest absolute Gasteiger partial charge is 0.512 e. The van der Waals surface area contributed by atoms with E-state index in [0.29, 0.717) is 0 Å². The molecule has 0 fully saturated rings. The Morgan fingerprint density at radius 3 is 2.06 bits per heavy atom. The summed E-state index contributed by atoms with van der Waals surface area (Å²) in [7, 11) is -1.44. The van der Waals surface area contributed by atoms with Crippen LogP contribution in [0.1, 0.15) is 53.4 Å². The van der Waals surface area contributed by atoms with Gasteiger partial charge in [0.15, 0.2) is 5.78 Å². The van der Waals surface area contributed by atoms with E-state index in [-0.39, 0.29) is 43.5 Å². The van der Waals surface area contributed by atoms with Crippen LogP contribution in [-0.4, -0.2) is 28.9 Å². The zero-order chi connectivity index (χ0) is 33.5. The molecule has 0 amide bonds. The fourth-order valence-electron chi connectivity index (χ4n) is 7.07. The van der Waals surface area contributed by atoms with Crippen molar-refractivity contribution in [2.24, 2.45) is 11.8 Å². The number of aliphatic hydroxyl groups excluding tert-OH is 1. The van der Waals surface area contributed by atoms with Gasteiger partial charge in [-0.25, -0.2) is 4.98 Å². The standard InChI is InChI=1S/C29H21N2Si.C13H24O2.Ir/c1-32(2,3)19-11-12-22-24(15-19)21-10-6-9-20-23-13-17-7-4-5-8-18(17)14-25(23)29-27(26(20)21)28(22)30-16-31-29;1-5-10(6-2)12(14)9-13(15)11(7-3)8-4;/h4-13,15-16H,1-3H3;9-11,14H,5-8H2,1-4H3;/q-1;;/b;12-9-;. The average molecular weight is 830 g/mol. The number of carbonyl (C=O) groups excluding carboxylic acids is 1. The molecule has 7 aromatic rings. The maximum absolute atomic E-state index is 11.7. The first-order chi connectivity index (χ1) is 22.6. The Labute approximate surface area is 298 Å². The molecule has 249 valence electrons.